The summed E-state index contributed by atoms with van der Waals surface area (Å²) in [4.78, 5) is 39.2. The number of fused-ring (bicyclic) bond motifs is 1. The van der Waals surface area contributed by atoms with Gasteiger partial charge in [0.15, 0.2) is 5.60 Å². The van der Waals surface area contributed by atoms with E-state index in [0.29, 0.717) is 25.7 Å². The fourth-order valence-corrected chi connectivity index (χ4v) is 5.65. The molecule has 33 heavy (non-hydrogen) atoms. The summed E-state index contributed by atoms with van der Waals surface area (Å²) in [5.41, 5.74) is -3.31. The molecule has 186 valence electrons. The molecule has 2 aliphatic carbocycles. The second kappa shape index (κ2) is 8.31. The van der Waals surface area contributed by atoms with Crippen LogP contribution in [0, 0.1) is 28.6 Å². The lowest BCUT2D eigenvalue weighted by Gasteiger charge is -2.44. The maximum atomic E-state index is 13.5. The number of carbonyl (C=O) groups is 3. The Bertz CT molecular complexity index is 832. The number of hydrogen-bond donors (Lipinski definition) is 1. The van der Waals surface area contributed by atoms with Crippen molar-refractivity contribution < 1.29 is 33.7 Å². The third kappa shape index (κ3) is 4.17. The van der Waals surface area contributed by atoms with Crippen molar-refractivity contribution in [3.63, 3.8) is 0 Å². The minimum Gasteiger partial charge on any atom is -0.513 e. The van der Waals surface area contributed by atoms with Crippen LogP contribution >= 0.6 is 0 Å². The Hall–Kier alpha value is -2.05. The molecule has 1 heterocycles. The van der Waals surface area contributed by atoms with E-state index in [0.717, 1.165) is 0 Å². The molecule has 0 spiro atoms. The topological polar surface area (TPSA) is 99.1 Å². The number of carbonyl (C=O) groups excluding carboxylic acids is 3. The highest BCUT2D eigenvalue weighted by molar-refractivity contribution is 5.81. The molecule has 5 atom stereocenters. The number of hydrogen-bond acceptors (Lipinski definition) is 7. The maximum Gasteiger partial charge on any atom is 0.312 e. The zero-order valence-corrected chi connectivity index (χ0v) is 21.2. The molecule has 1 N–H and O–H groups in total. The van der Waals surface area contributed by atoms with Crippen molar-refractivity contribution in [1.82, 2.24) is 0 Å². The van der Waals surface area contributed by atoms with Crippen LogP contribution in [0.3, 0.4) is 0 Å². The summed E-state index contributed by atoms with van der Waals surface area (Å²) in [6.07, 6.45) is 1.59. The van der Waals surface area contributed by atoms with Gasteiger partial charge < -0.3 is 19.3 Å². The van der Waals surface area contributed by atoms with Gasteiger partial charge >= 0.3 is 17.9 Å². The second-order valence-corrected chi connectivity index (χ2v) is 11.8. The summed E-state index contributed by atoms with van der Waals surface area (Å²) in [5.74, 6) is -1.60. The van der Waals surface area contributed by atoms with Gasteiger partial charge in [-0.2, -0.15) is 0 Å². The van der Waals surface area contributed by atoms with Crippen molar-refractivity contribution in [1.29, 1.82) is 0 Å². The van der Waals surface area contributed by atoms with Gasteiger partial charge in [0.1, 0.15) is 11.7 Å². The van der Waals surface area contributed by atoms with E-state index in [1.807, 2.05) is 48.5 Å². The molecule has 0 radical (unpaired) electrons. The van der Waals surface area contributed by atoms with Gasteiger partial charge in [0, 0.05) is 18.3 Å². The van der Waals surface area contributed by atoms with Gasteiger partial charge in [0.05, 0.1) is 23.5 Å². The molecule has 7 nitrogen and oxygen atoms in total. The first kappa shape index (κ1) is 25.6. The van der Waals surface area contributed by atoms with Crippen LogP contribution < -0.4 is 0 Å². The summed E-state index contributed by atoms with van der Waals surface area (Å²) in [7, 11) is 0. The lowest BCUT2D eigenvalue weighted by atomic mass is 9.69. The van der Waals surface area contributed by atoms with E-state index >= 15 is 0 Å². The molecule has 0 aromatic heterocycles. The predicted octanol–water partition coefficient (Wildman–Crippen LogP) is 4.88. The van der Waals surface area contributed by atoms with Crippen LogP contribution in [0.4, 0.5) is 0 Å². The second-order valence-electron chi connectivity index (χ2n) is 11.8. The lowest BCUT2D eigenvalue weighted by Crippen LogP contribution is -2.55. The minimum absolute atomic E-state index is 0.0415. The number of ether oxygens (including phenoxy) is 3. The van der Waals surface area contributed by atoms with E-state index in [1.54, 1.807) is 0 Å². The van der Waals surface area contributed by atoms with Gasteiger partial charge in [-0.1, -0.05) is 41.2 Å². The van der Waals surface area contributed by atoms with Crippen LogP contribution in [-0.4, -0.2) is 40.3 Å². The highest BCUT2D eigenvalue weighted by Crippen LogP contribution is 2.62. The fraction of sp³-hybridized carbons (Fsp3) is 0.808. The molecule has 0 aromatic carbocycles. The lowest BCUT2D eigenvalue weighted by molar-refractivity contribution is -0.204. The van der Waals surface area contributed by atoms with Crippen molar-refractivity contribution in [2.45, 2.75) is 104 Å². The number of esters is 3. The van der Waals surface area contributed by atoms with Gasteiger partial charge in [-0.25, -0.2) is 0 Å². The molecule has 0 aromatic rings. The van der Waals surface area contributed by atoms with E-state index in [2.05, 4.69) is 6.58 Å². The summed E-state index contributed by atoms with van der Waals surface area (Å²) in [5, 5.41) is 9.77. The summed E-state index contributed by atoms with van der Waals surface area (Å²) in [6.45, 7) is 16.9. The van der Waals surface area contributed by atoms with Crippen molar-refractivity contribution >= 4 is 17.9 Å². The van der Waals surface area contributed by atoms with E-state index < -0.39 is 34.7 Å². The number of aliphatic hydroxyl groups is 1. The van der Waals surface area contributed by atoms with E-state index in [1.165, 1.54) is 0 Å². The molecule has 3 aliphatic rings. The van der Waals surface area contributed by atoms with Crippen molar-refractivity contribution in [2.24, 2.45) is 28.6 Å². The molecule has 1 saturated heterocycles. The monoisotopic (exact) mass is 464 g/mol. The zero-order chi connectivity index (χ0) is 25.0. The molecule has 2 saturated carbocycles. The van der Waals surface area contributed by atoms with Crippen LogP contribution in [0.1, 0.15) is 87.0 Å². The normalized spacial score (nSPS) is 30.8. The molecule has 1 aliphatic heterocycles. The summed E-state index contributed by atoms with van der Waals surface area (Å²) >= 11 is 0. The first-order chi connectivity index (χ1) is 15.1. The Morgan fingerprint density at radius 3 is 2.27 bits per heavy atom. The summed E-state index contributed by atoms with van der Waals surface area (Å²) in [6, 6.07) is 0. The van der Waals surface area contributed by atoms with Crippen molar-refractivity contribution in [3.8, 4) is 0 Å². The zero-order valence-electron chi connectivity index (χ0n) is 21.2. The van der Waals surface area contributed by atoms with Crippen LogP contribution in [0.5, 0.6) is 0 Å². The Labute approximate surface area is 197 Å². The van der Waals surface area contributed by atoms with Crippen LogP contribution in [-0.2, 0) is 28.6 Å². The van der Waals surface area contributed by atoms with E-state index in [9.17, 15) is 19.5 Å². The molecule has 2 bridgehead atoms. The standard InChI is InChI=1S/C26H40O7/c1-9-25(10-2,13-15(3)27)32-19(28)14-26(33-22(30)24(7,8)23(4,5)6)16-11-17-18(12-16)21(29)31-20(17)26/h16-18,20,27H,3,9-14H2,1-2,4-8H3. The number of aliphatic hydroxyl groups excluding tert-OH is 1. The average molecular weight is 465 g/mol. The SMILES string of the molecule is C=C(O)CC(CC)(CC)OC(=O)CC1(OC(=O)C(C)(C)C(C)(C)C)C2CC3C(=O)OC1C3C2. The van der Waals surface area contributed by atoms with Gasteiger partial charge in [-0.3, -0.25) is 14.4 Å². The predicted molar refractivity (Wildman–Crippen MR) is 122 cm³/mol. The van der Waals surface area contributed by atoms with Crippen LogP contribution in [0.25, 0.3) is 0 Å². The van der Waals surface area contributed by atoms with Gasteiger partial charge in [-0.15, -0.1) is 0 Å². The molecule has 5 unspecified atom stereocenters. The van der Waals surface area contributed by atoms with Gasteiger partial charge in [0.2, 0.25) is 0 Å². The van der Waals surface area contributed by atoms with E-state index in [4.69, 9.17) is 14.2 Å². The molecule has 7 heteroatoms. The van der Waals surface area contributed by atoms with Crippen molar-refractivity contribution in [3.05, 3.63) is 12.3 Å². The third-order valence-corrected chi connectivity index (χ3v) is 8.95. The first-order valence-corrected chi connectivity index (χ1v) is 12.1. The Balaban J connectivity index is 1.92. The maximum absolute atomic E-state index is 13.5. The Morgan fingerprint density at radius 1 is 1.15 bits per heavy atom. The summed E-state index contributed by atoms with van der Waals surface area (Å²) < 4.78 is 17.9. The highest BCUT2D eigenvalue weighted by Gasteiger charge is 2.72. The molecular weight excluding hydrogens is 424 g/mol. The Kier molecular flexibility index (Phi) is 6.44. The minimum atomic E-state index is -1.23. The average Bonchev–Trinajstić information content (AvgIpc) is 3.31. The molecular formula is C26H40O7. The van der Waals surface area contributed by atoms with Crippen LogP contribution in [0.2, 0.25) is 0 Å². The van der Waals surface area contributed by atoms with E-state index in [-0.39, 0.29) is 47.7 Å². The van der Waals surface area contributed by atoms with Crippen LogP contribution in [0.15, 0.2) is 12.3 Å². The van der Waals surface area contributed by atoms with Crippen molar-refractivity contribution in [2.75, 3.05) is 0 Å². The quantitative estimate of drug-likeness (QED) is 0.295. The first-order valence-electron chi connectivity index (χ1n) is 12.1. The Morgan fingerprint density at radius 2 is 1.76 bits per heavy atom. The highest BCUT2D eigenvalue weighted by atomic mass is 16.6. The molecule has 3 rings (SSSR count). The molecule has 0 amide bonds. The largest absolute Gasteiger partial charge is 0.513 e. The third-order valence-electron chi connectivity index (χ3n) is 8.95. The molecule has 3 fully saturated rings. The van der Waals surface area contributed by atoms with Gasteiger partial charge in [-0.05, 0) is 44.9 Å². The smallest absolute Gasteiger partial charge is 0.312 e. The van der Waals surface area contributed by atoms with Gasteiger partial charge in [0.25, 0.3) is 0 Å². The number of rotatable bonds is 9. The fourth-order valence-electron chi connectivity index (χ4n) is 5.65.